The molecule has 148 valence electrons. The molecule has 0 saturated carbocycles. The topological polar surface area (TPSA) is 62.1 Å². The van der Waals surface area contributed by atoms with Crippen molar-refractivity contribution in [1.82, 2.24) is 4.90 Å². The summed E-state index contributed by atoms with van der Waals surface area (Å²) in [6.07, 6.45) is 0.613. The van der Waals surface area contributed by atoms with Crippen molar-refractivity contribution in [2.24, 2.45) is 4.99 Å². The Bertz CT molecular complexity index is 857. The zero-order chi connectivity index (χ0) is 19.9. The highest BCUT2D eigenvalue weighted by molar-refractivity contribution is 6.15. The lowest BCUT2D eigenvalue weighted by Gasteiger charge is -2.17. The van der Waals surface area contributed by atoms with Crippen LogP contribution in [-0.2, 0) is 17.8 Å². The molecule has 0 spiro atoms. The number of rotatable bonds is 8. The average Bonchev–Trinajstić information content (AvgIpc) is 2.86. The number of hydrogen-bond donors (Lipinski definition) is 1. The van der Waals surface area contributed by atoms with Crippen LogP contribution >= 0.6 is 0 Å². The maximum Gasteiger partial charge on any atom is 0.303 e. The van der Waals surface area contributed by atoms with Crippen LogP contribution in [0, 0.1) is 0 Å². The molecule has 2 aromatic rings. The van der Waals surface area contributed by atoms with Crippen LogP contribution in [0.5, 0.6) is 5.75 Å². The molecule has 5 heteroatoms. The van der Waals surface area contributed by atoms with E-state index in [0.29, 0.717) is 19.6 Å². The molecule has 0 fully saturated rings. The van der Waals surface area contributed by atoms with Gasteiger partial charge >= 0.3 is 5.97 Å². The average molecular weight is 380 g/mol. The molecule has 3 rings (SSSR count). The third-order valence-electron chi connectivity index (χ3n) is 5.16. The third kappa shape index (κ3) is 4.78. The third-order valence-corrected chi connectivity index (χ3v) is 5.16. The second-order valence-corrected chi connectivity index (χ2v) is 6.93. The summed E-state index contributed by atoms with van der Waals surface area (Å²) in [7, 11) is 0. The molecular weight excluding hydrogens is 352 g/mol. The van der Waals surface area contributed by atoms with E-state index in [4.69, 9.17) is 14.8 Å². The van der Waals surface area contributed by atoms with Crippen molar-refractivity contribution in [2.75, 3.05) is 26.2 Å². The summed E-state index contributed by atoms with van der Waals surface area (Å²) in [5, 5.41) is 9.00. The van der Waals surface area contributed by atoms with E-state index in [0.717, 1.165) is 53.3 Å². The van der Waals surface area contributed by atoms with Gasteiger partial charge < -0.3 is 14.7 Å². The number of hydrogen-bond acceptors (Lipinski definition) is 4. The summed E-state index contributed by atoms with van der Waals surface area (Å²) in [4.78, 5) is 18.3. The van der Waals surface area contributed by atoms with Gasteiger partial charge in [-0.05, 0) is 42.8 Å². The Hall–Kier alpha value is -2.66. The molecule has 0 radical (unpaired) electrons. The largest absolute Gasteiger partial charge is 0.488 e. The molecule has 1 heterocycles. The van der Waals surface area contributed by atoms with Crippen LogP contribution in [0.2, 0.25) is 0 Å². The number of aliphatic imine (C=N–C) groups is 1. The smallest absolute Gasteiger partial charge is 0.303 e. The Morgan fingerprint density at radius 3 is 2.68 bits per heavy atom. The molecule has 0 amide bonds. The number of benzene rings is 2. The van der Waals surface area contributed by atoms with Crippen molar-refractivity contribution in [1.29, 1.82) is 0 Å². The molecule has 1 N–H and O–H groups in total. The molecule has 5 nitrogen and oxygen atoms in total. The monoisotopic (exact) mass is 380 g/mol. The number of likely N-dealkylation sites (N-methyl/N-ethyl adjacent to an activating group) is 1. The Morgan fingerprint density at radius 1 is 1.14 bits per heavy atom. The highest BCUT2D eigenvalue weighted by Crippen LogP contribution is 2.30. The molecule has 0 bridgehead atoms. The molecule has 0 unspecified atom stereocenters. The van der Waals surface area contributed by atoms with E-state index in [9.17, 15) is 4.79 Å². The van der Waals surface area contributed by atoms with E-state index in [2.05, 4.69) is 30.9 Å². The molecule has 0 aliphatic carbocycles. The van der Waals surface area contributed by atoms with Gasteiger partial charge in [0.05, 0.1) is 12.3 Å². The van der Waals surface area contributed by atoms with E-state index in [-0.39, 0.29) is 6.42 Å². The predicted molar refractivity (Wildman–Crippen MR) is 111 cm³/mol. The van der Waals surface area contributed by atoms with Gasteiger partial charge in [0.1, 0.15) is 12.4 Å². The number of carboxylic acid groups (broad SMARTS) is 1. The fourth-order valence-electron chi connectivity index (χ4n) is 3.49. The summed E-state index contributed by atoms with van der Waals surface area (Å²) >= 11 is 0. The Kier molecular flexibility index (Phi) is 6.82. The van der Waals surface area contributed by atoms with E-state index in [1.54, 1.807) is 0 Å². The van der Waals surface area contributed by atoms with Gasteiger partial charge in [-0.3, -0.25) is 9.79 Å². The first-order valence-electron chi connectivity index (χ1n) is 9.95. The minimum absolute atomic E-state index is 0.116. The van der Waals surface area contributed by atoms with Gasteiger partial charge in [-0.1, -0.05) is 44.2 Å². The van der Waals surface area contributed by atoms with E-state index >= 15 is 0 Å². The first-order valence-corrected chi connectivity index (χ1v) is 9.95. The van der Waals surface area contributed by atoms with Crippen molar-refractivity contribution >= 4 is 11.7 Å². The summed E-state index contributed by atoms with van der Waals surface area (Å²) < 4.78 is 6.05. The predicted octanol–water partition coefficient (Wildman–Crippen LogP) is 3.78. The van der Waals surface area contributed by atoms with Gasteiger partial charge in [-0.2, -0.15) is 0 Å². The maximum absolute atomic E-state index is 11.0. The van der Waals surface area contributed by atoms with Gasteiger partial charge in [0, 0.05) is 24.1 Å². The summed E-state index contributed by atoms with van der Waals surface area (Å²) in [6, 6.07) is 14.1. The maximum atomic E-state index is 11.0. The highest BCUT2D eigenvalue weighted by atomic mass is 16.5. The van der Waals surface area contributed by atoms with Gasteiger partial charge in [-0.25, -0.2) is 0 Å². The van der Waals surface area contributed by atoms with Gasteiger partial charge in [-0.15, -0.1) is 0 Å². The fourth-order valence-corrected chi connectivity index (χ4v) is 3.49. The minimum Gasteiger partial charge on any atom is -0.488 e. The number of fused-ring (bicyclic) bond motifs is 2. The molecular formula is C23H28N2O3. The zero-order valence-corrected chi connectivity index (χ0v) is 16.6. The van der Waals surface area contributed by atoms with Crippen LogP contribution in [0.15, 0.2) is 47.5 Å². The van der Waals surface area contributed by atoms with Crippen molar-refractivity contribution in [2.45, 2.75) is 33.3 Å². The van der Waals surface area contributed by atoms with Crippen LogP contribution in [0.3, 0.4) is 0 Å². The zero-order valence-electron chi connectivity index (χ0n) is 16.6. The number of aliphatic carboxylic acids is 1. The second-order valence-electron chi connectivity index (χ2n) is 6.93. The molecule has 1 aliphatic heterocycles. The summed E-state index contributed by atoms with van der Waals surface area (Å²) in [5.74, 6) is 0.0153. The van der Waals surface area contributed by atoms with E-state index < -0.39 is 5.97 Å². The van der Waals surface area contributed by atoms with E-state index in [1.165, 1.54) is 0 Å². The molecule has 1 aliphatic rings. The number of nitrogens with zero attached hydrogens (tertiary/aromatic N) is 2. The lowest BCUT2D eigenvalue weighted by molar-refractivity contribution is -0.136. The van der Waals surface area contributed by atoms with Crippen molar-refractivity contribution in [3.8, 4) is 5.75 Å². The molecule has 0 atom stereocenters. The molecule has 28 heavy (non-hydrogen) atoms. The first-order chi connectivity index (χ1) is 13.6. The van der Waals surface area contributed by atoms with Crippen LogP contribution in [0.4, 0.5) is 0 Å². The number of aryl methyl sites for hydroxylation is 1. The van der Waals surface area contributed by atoms with Crippen molar-refractivity contribution in [3.63, 3.8) is 0 Å². The van der Waals surface area contributed by atoms with Gasteiger partial charge in [0.15, 0.2) is 0 Å². The Morgan fingerprint density at radius 2 is 1.93 bits per heavy atom. The lowest BCUT2D eigenvalue weighted by Crippen LogP contribution is -2.26. The summed E-state index contributed by atoms with van der Waals surface area (Å²) in [5.41, 5.74) is 5.09. The highest BCUT2D eigenvalue weighted by Gasteiger charge is 2.21. The van der Waals surface area contributed by atoms with Crippen LogP contribution < -0.4 is 4.74 Å². The van der Waals surface area contributed by atoms with Crippen LogP contribution in [0.25, 0.3) is 0 Å². The fraction of sp³-hybridized carbons (Fsp3) is 0.391. The molecule has 0 saturated heterocycles. The second kappa shape index (κ2) is 9.51. The van der Waals surface area contributed by atoms with Crippen molar-refractivity contribution < 1.29 is 14.6 Å². The lowest BCUT2D eigenvalue weighted by atomic mass is 9.96. The van der Waals surface area contributed by atoms with E-state index in [1.807, 2.05) is 30.3 Å². The summed E-state index contributed by atoms with van der Waals surface area (Å²) in [6.45, 7) is 8.48. The molecule has 2 aromatic carbocycles. The molecule has 0 aromatic heterocycles. The minimum atomic E-state index is -0.787. The standard InChI is InChI=1S/C23H28N2O3/c1-3-25(4-2)14-13-24-23-19-8-6-5-7-18(19)16-28-21-11-9-17(15-20(21)23)10-12-22(26)27/h5-9,11,15H,3-4,10,12-14,16H2,1-2H3,(H,26,27)/b24-23+. The first kappa shape index (κ1) is 20.1. The van der Waals surface area contributed by atoms with Crippen LogP contribution in [0.1, 0.15) is 42.5 Å². The Labute approximate surface area is 166 Å². The quantitative estimate of drug-likeness (QED) is 0.757. The normalized spacial score (nSPS) is 14.3. The number of carboxylic acids is 1. The van der Waals surface area contributed by atoms with Crippen molar-refractivity contribution in [3.05, 3.63) is 64.7 Å². The van der Waals surface area contributed by atoms with Gasteiger partial charge in [0.2, 0.25) is 0 Å². The SMILES string of the molecule is CCN(CC)CC/N=C1\c2ccccc2COc2ccc(CCC(=O)O)cc21. The number of ether oxygens (including phenoxy) is 1. The Balaban J connectivity index is 1.98. The van der Waals surface area contributed by atoms with Gasteiger partial charge in [0.25, 0.3) is 0 Å². The van der Waals surface area contributed by atoms with Crippen LogP contribution in [-0.4, -0.2) is 47.9 Å². The number of carbonyl (C=O) groups is 1.